The SMILES string of the molecule is CC(=O)OCC[C@@H]1CCO[C@]2([C@H](O)[C@](C)(O)CO)NC(=O)[C@@]1(O)NC2=O. The average Bonchev–Trinajstić information content (AvgIpc) is 2.55. The monoisotopic (exact) mass is 376 g/mol. The molecule has 3 saturated heterocycles. The summed E-state index contributed by atoms with van der Waals surface area (Å²) in [6, 6.07) is 0. The number of esters is 1. The highest BCUT2D eigenvalue weighted by atomic mass is 16.5. The van der Waals surface area contributed by atoms with E-state index in [2.05, 4.69) is 10.6 Å². The number of piperazine rings is 1. The maximum absolute atomic E-state index is 12.6. The summed E-state index contributed by atoms with van der Waals surface area (Å²) >= 11 is 0. The van der Waals surface area contributed by atoms with E-state index in [0.717, 1.165) is 6.92 Å². The Morgan fingerprint density at radius 2 is 2.08 bits per heavy atom. The van der Waals surface area contributed by atoms with Gasteiger partial charge >= 0.3 is 5.97 Å². The minimum atomic E-state index is -2.36. The first-order valence-electron chi connectivity index (χ1n) is 8.16. The number of hydrogen-bond donors (Lipinski definition) is 6. The Bertz CT molecular complexity index is 596. The summed E-state index contributed by atoms with van der Waals surface area (Å²) in [5.74, 6) is -3.46. The van der Waals surface area contributed by atoms with Crippen LogP contribution in [0.4, 0.5) is 0 Å². The number of carbonyl (C=O) groups is 3. The summed E-state index contributed by atoms with van der Waals surface area (Å²) in [6.07, 6.45) is -1.83. The van der Waals surface area contributed by atoms with Gasteiger partial charge in [0.25, 0.3) is 17.5 Å². The number of fused-ring (bicyclic) bond motifs is 5. The molecule has 5 atom stereocenters. The van der Waals surface area contributed by atoms with Gasteiger partial charge in [-0.3, -0.25) is 14.4 Å². The zero-order valence-corrected chi connectivity index (χ0v) is 14.5. The Morgan fingerprint density at radius 3 is 2.65 bits per heavy atom. The second-order valence-corrected chi connectivity index (χ2v) is 6.79. The molecular formula is C15H24N2O9. The number of nitrogens with one attached hydrogen (secondary N) is 2. The number of hydrogen-bond acceptors (Lipinski definition) is 9. The number of carbonyl (C=O) groups excluding carboxylic acids is 3. The van der Waals surface area contributed by atoms with Crippen molar-refractivity contribution in [1.82, 2.24) is 10.6 Å². The van der Waals surface area contributed by atoms with E-state index in [4.69, 9.17) is 9.47 Å². The van der Waals surface area contributed by atoms with Gasteiger partial charge in [-0.05, 0) is 19.8 Å². The molecule has 0 unspecified atom stereocenters. The lowest BCUT2D eigenvalue weighted by Gasteiger charge is -2.51. The van der Waals surface area contributed by atoms with Crippen LogP contribution >= 0.6 is 0 Å². The van der Waals surface area contributed by atoms with Crippen LogP contribution in [0.25, 0.3) is 0 Å². The largest absolute Gasteiger partial charge is 0.466 e. The number of aliphatic hydroxyl groups excluding tert-OH is 2. The lowest BCUT2D eigenvalue weighted by molar-refractivity contribution is -0.241. The molecule has 3 rings (SSSR count). The highest BCUT2D eigenvalue weighted by molar-refractivity contribution is 6.01. The van der Waals surface area contributed by atoms with E-state index in [1.165, 1.54) is 6.92 Å². The van der Waals surface area contributed by atoms with E-state index >= 15 is 0 Å². The molecule has 3 aliphatic heterocycles. The molecule has 0 aromatic heterocycles. The smallest absolute Gasteiger partial charge is 0.302 e. The molecule has 0 radical (unpaired) electrons. The van der Waals surface area contributed by atoms with Crippen LogP contribution in [-0.2, 0) is 23.9 Å². The summed E-state index contributed by atoms with van der Waals surface area (Å²) in [6.45, 7) is 1.15. The van der Waals surface area contributed by atoms with Crippen molar-refractivity contribution in [3.8, 4) is 0 Å². The molecule has 3 aliphatic rings. The third-order valence-corrected chi connectivity index (χ3v) is 4.74. The summed E-state index contributed by atoms with van der Waals surface area (Å²) in [4.78, 5) is 36.0. The molecule has 148 valence electrons. The molecule has 6 N–H and O–H groups in total. The first-order chi connectivity index (χ1) is 12.0. The van der Waals surface area contributed by atoms with Crippen molar-refractivity contribution in [3.05, 3.63) is 0 Å². The van der Waals surface area contributed by atoms with Crippen molar-refractivity contribution >= 4 is 17.8 Å². The molecule has 0 aromatic carbocycles. The van der Waals surface area contributed by atoms with Gasteiger partial charge in [-0.15, -0.1) is 0 Å². The lowest BCUT2D eigenvalue weighted by atomic mass is 9.81. The highest BCUT2D eigenvalue weighted by Crippen LogP contribution is 2.35. The molecule has 2 amide bonds. The molecule has 11 nitrogen and oxygen atoms in total. The molecule has 0 spiro atoms. The second-order valence-electron chi connectivity index (χ2n) is 6.79. The molecule has 11 heteroatoms. The predicted molar refractivity (Wildman–Crippen MR) is 83.0 cm³/mol. The van der Waals surface area contributed by atoms with E-state index in [9.17, 15) is 34.8 Å². The normalized spacial score (nSPS) is 34.8. The van der Waals surface area contributed by atoms with Crippen molar-refractivity contribution in [2.75, 3.05) is 19.8 Å². The van der Waals surface area contributed by atoms with Crippen LogP contribution in [-0.4, -0.2) is 81.2 Å². The van der Waals surface area contributed by atoms with Crippen molar-refractivity contribution in [3.63, 3.8) is 0 Å². The van der Waals surface area contributed by atoms with Crippen molar-refractivity contribution < 1.29 is 44.3 Å². The van der Waals surface area contributed by atoms with Crippen LogP contribution in [0.3, 0.4) is 0 Å². The van der Waals surface area contributed by atoms with Gasteiger partial charge in [0.1, 0.15) is 11.7 Å². The topological polar surface area (TPSA) is 175 Å². The second kappa shape index (κ2) is 7.08. The molecule has 0 saturated carbocycles. The average molecular weight is 376 g/mol. The van der Waals surface area contributed by atoms with Crippen molar-refractivity contribution in [1.29, 1.82) is 0 Å². The van der Waals surface area contributed by atoms with Crippen LogP contribution in [0.15, 0.2) is 0 Å². The van der Waals surface area contributed by atoms with Crippen molar-refractivity contribution in [2.45, 2.75) is 49.8 Å². The van der Waals surface area contributed by atoms with Gasteiger partial charge in [-0.2, -0.15) is 0 Å². The third-order valence-electron chi connectivity index (χ3n) is 4.74. The molecule has 0 aliphatic carbocycles. The van der Waals surface area contributed by atoms with E-state index in [1.54, 1.807) is 0 Å². The van der Waals surface area contributed by atoms with Crippen LogP contribution in [0.5, 0.6) is 0 Å². The molecule has 0 aromatic rings. The minimum absolute atomic E-state index is 0.0710. The van der Waals surface area contributed by atoms with E-state index < -0.39 is 53.5 Å². The maximum atomic E-state index is 12.6. The van der Waals surface area contributed by atoms with Gasteiger partial charge in [-0.25, -0.2) is 0 Å². The van der Waals surface area contributed by atoms with Crippen LogP contribution in [0.2, 0.25) is 0 Å². The third kappa shape index (κ3) is 3.40. The van der Waals surface area contributed by atoms with Crippen LogP contribution in [0, 0.1) is 5.92 Å². The Kier molecular flexibility index (Phi) is 5.59. The number of ether oxygens (including phenoxy) is 2. The molecular weight excluding hydrogens is 352 g/mol. The first kappa shape index (κ1) is 20.5. The predicted octanol–water partition coefficient (Wildman–Crippen LogP) is -3.29. The number of amides is 2. The Labute approximate surface area is 149 Å². The summed E-state index contributed by atoms with van der Waals surface area (Å²) in [5.41, 5.74) is -6.82. The first-order valence-corrected chi connectivity index (χ1v) is 8.16. The zero-order chi connectivity index (χ0) is 19.8. The lowest BCUT2D eigenvalue weighted by Crippen LogP contribution is -2.83. The molecule has 3 fully saturated rings. The van der Waals surface area contributed by atoms with Gasteiger partial charge < -0.3 is 40.5 Å². The van der Waals surface area contributed by atoms with Gasteiger partial charge in [0.2, 0.25) is 5.72 Å². The summed E-state index contributed by atoms with van der Waals surface area (Å²) in [7, 11) is 0. The molecule has 3 heterocycles. The fourth-order valence-electron chi connectivity index (χ4n) is 3.10. The summed E-state index contributed by atoms with van der Waals surface area (Å²) < 4.78 is 10.2. The van der Waals surface area contributed by atoms with Crippen molar-refractivity contribution in [2.24, 2.45) is 5.92 Å². The van der Waals surface area contributed by atoms with Gasteiger partial charge in [0.05, 0.1) is 19.8 Å². The fourth-order valence-corrected chi connectivity index (χ4v) is 3.10. The number of rotatable bonds is 6. The van der Waals surface area contributed by atoms with E-state index in [-0.39, 0.29) is 26.1 Å². The standard InChI is InChI=1S/C15H24N2O9/c1-8(19)25-5-3-9-4-6-26-15(10(20)13(2,23)7-18)12(22)16-14(9,24)11(21)17-15/h9-10,18,20,23-24H,3-7H2,1-2H3,(H,16,22)(H,17,21)/t9-,10-,13-,14-,15+/m1/s1. The highest BCUT2D eigenvalue weighted by Gasteiger charge is 2.64. The fraction of sp³-hybridized carbons (Fsp3) is 0.800. The Balaban J connectivity index is 2.28. The Hall–Kier alpha value is -1.79. The zero-order valence-electron chi connectivity index (χ0n) is 14.5. The molecule has 26 heavy (non-hydrogen) atoms. The van der Waals surface area contributed by atoms with Gasteiger partial charge in [-0.1, -0.05) is 0 Å². The van der Waals surface area contributed by atoms with Crippen LogP contribution < -0.4 is 10.6 Å². The maximum Gasteiger partial charge on any atom is 0.302 e. The quantitative estimate of drug-likeness (QED) is 0.260. The van der Waals surface area contributed by atoms with Gasteiger partial charge in [0, 0.05) is 12.8 Å². The minimum Gasteiger partial charge on any atom is -0.466 e. The van der Waals surface area contributed by atoms with E-state index in [0.29, 0.717) is 0 Å². The summed E-state index contributed by atoms with van der Waals surface area (Å²) in [5, 5.41) is 44.7. The van der Waals surface area contributed by atoms with Gasteiger partial charge in [0.15, 0.2) is 0 Å². The van der Waals surface area contributed by atoms with E-state index in [1.807, 2.05) is 0 Å². The molecule has 2 bridgehead atoms. The number of aliphatic hydroxyl groups is 4. The Morgan fingerprint density at radius 1 is 1.42 bits per heavy atom. The van der Waals surface area contributed by atoms with Crippen LogP contribution in [0.1, 0.15) is 26.7 Å².